The lowest BCUT2D eigenvalue weighted by Crippen LogP contribution is -2.35. The number of hydrogen-bond donors (Lipinski definition) is 2. The first-order valence-corrected chi connectivity index (χ1v) is 7.33. The molecule has 1 aliphatic rings. The molecule has 2 N–H and O–H groups in total. The molecule has 0 radical (unpaired) electrons. The Morgan fingerprint density at radius 3 is 2.90 bits per heavy atom. The Morgan fingerprint density at radius 2 is 2.25 bits per heavy atom. The van der Waals surface area contributed by atoms with E-state index in [-0.39, 0.29) is 18.6 Å². The van der Waals surface area contributed by atoms with Gasteiger partial charge in [-0.15, -0.1) is 0 Å². The van der Waals surface area contributed by atoms with Crippen molar-refractivity contribution >= 4 is 23.2 Å². The second-order valence-electron chi connectivity index (χ2n) is 5.23. The minimum absolute atomic E-state index is 0.0449. The van der Waals surface area contributed by atoms with Crippen molar-refractivity contribution in [2.24, 2.45) is 0 Å². The van der Waals surface area contributed by atoms with E-state index in [1.165, 1.54) is 0 Å². The van der Waals surface area contributed by atoms with Crippen molar-refractivity contribution in [1.29, 1.82) is 0 Å². The Hall–Kier alpha value is -1.26. The van der Waals surface area contributed by atoms with E-state index >= 15 is 0 Å². The molecule has 1 unspecified atom stereocenters. The highest BCUT2D eigenvalue weighted by atomic mass is 35.5. The van der Waals surface area contributed by atoms with E-state index in [1.807, 2.05) is 26.0 Å². The SMILES string of the molecule is Cc1cc(C)c(NCC(=O)NCC2CCCO2)c(Cl)c1. The van der Waals surface area contributed by atoms with Crippen molar-refractivity contribution in [3.8, 4) is 0 Å². The number of anilines is 1. The first kappa shape index (κ1) is 15.1. The Labute approximate surface area is 124 Å². The van der Waals surface area contributed by atoms with Crippen molar-refractivity contribution in [2.45, 2.75) is 32.8 Å². The summed E-state index contributed by atoms with van der Waals surface area (Å²) in [5.41, 5.74) is 2.98. The van der Waals surface area contributed by atoms with Gasteiger partial charge >= 0.3 is 0 Å². The third-order valence-corrected chi connectivity index (χ3v) is 3.71. The topological polar surface area (TPSA) is 50.4 Å². The van der Waals surface area contributed by atoms with Crippen LogP contribution in [0.15, 0.2) is 12.1 Å². The van der Waals surface area contributed by atoms with Crippen LogP contribution < -0.4 is 10.6 Å². The van der Waals surface area contributed by atoms with E-state index in [0.29, 0.717) is 11.6 Å². The molecular weight excluding hydrogens is 276 g/mol. The van der Waals surface area contributed by atoms with Gasteiger partial charge in [0.15, 0.2) is 0 Å². The maximum absolute atomic E-state index is 11.8. The maximum Gasteiger partial charge on any atom is 0.239 e. The molecule has 1 aromatic rings. The van der Waals surface area contributed by atoms with E-state index in [0.717, 1.165) is 36.3 Å². The largest absolute Gasteiger partial charge is 0.376 e. The van der Waals surface area contributed by atoms with Gasteiger partial charge in [0.05, 0.1) is 23.4 Å². The van der Waals surface area contributed by atoms with Crippen molar-refractivity contribution in [2.75, 3.05) is 25.0 Å². The average Bonchev–Trinajstić information content (AvgIpc) is 2.88. The van der Waals surface area contributed by atoms with Crippen LogP contribution in [0.3, 0.4) is 0 Å². The van der Waals surface area contributed by atoms with Crippen LogP contribution in [0.2, 0.25) is 5.02 Å². The maximum atomic E-state index is 11.8. The zero-order valence-electron chi connectivity index (χ0n) is 12.0. The molecule has 0 spiro atoms. The molecule has 0 bridgehead atoms. The number of hydrogen-bond acceptors (Lipinski definition) is 3. The summed E-state index contributed by atoms with van der Waals surface area (Å²) < 4.78 is 5.46. The van der Waals surface area contributed by atoms with Crippen molar-refractivity contribution in [3.05, 3.63) is 28.3 Å². The molecule has 1 aromatic carbocycles. The van der Waals surface area contributed by atoms with Crippen molar-refractivity contribution < 1.29 is 9.53 Å². The summed E-state index contributed by atoms with van der Waals surface area (Å²) in [5, 5.41) is 6.62. The quantitative estimate of drug-likeness (QED) is 0.878. The zero-order valence-corrected chi connectivity index (χ0v) is 12.7. The second kappa shape index (κ2) is 6.95. The fourth-order valence-corrected chi connectivity index (χ4v) is 2.79. The second-order valence-corrected chi connectivity index (χ2v) is 5.64. The van der Waals surface area contributed by atoms with Gasteiger partial charge in [-0.2, -0.15) is 0 Å². The summed E-state index contributed by atoms with van der Waals surface area (Å²) in [6.07, 6.45) is 2.27. The first-order chi connectivity index (χ1) is 9.56. The van der Waals surface area contributed by atoms with Crippen LogP contribution in [0.4, 0.5) is 5.69 Å². The molecule has 1 amide bonds. The lowest BCUT2D eigenvalue weighted by atomic mass is 10.1. The lowest BCUT2D eigenvalue weighted by molar-refractivity contribution is -0.119. The van der Waals surface area contributed by atoms with Gasteiger partial charge in [0.2, 0.25) is 5.91 Å². The van der Waals surface area contributed by atoms with E-state index in [2.05, 4.69) is 10.6 Å². The molecule has 2 rings (SSSR count). The number of amides is 1. The molecular formula is C15H21ClN2O2. The highest BCUT2D eigenvalue weighted by Crippen LogP contribution is 2.26. The number of carbonyl (C=O) groups is 1. The Morgan fingerprint density at radius 1 is 1.45 bits per heavy atom. The van der Waals surface area contributed by atoms with E-state index in [9.17, 15) is 4.79 Å². The molecule has 1 saturated heterocycles. The molecule has 4 nitrogen and oxygen atoms in total. The molecule has 0 saturated carbocycles. The summed E-state index contributed by atoms with van der Waals surface area (Å²) in [7, 11) is 0. The first-order valence-electron chi connectivity index (χ1n) is 6.95. The third kappa shape index (κ3) is 4.12. The molecule has 1 aliphatic heterocycles. The Balaban J connectivity index is 1.81. The summed E-state index contributed by atoms with van der Waals surface area (Å²) in [6.45, 7) is 5.58. The predicted molar refractivity (Wildman–Crippen MR) is 81.4 cm³/mol. The number of benzene rings is 1. The van der Waals surface area contributed by atoms with Crippen LogP contribution in [-0.2, 0) is 9.53 Å². The summed E-state index contributed by atoms with van der Waals surface area (Å²) >= 11 is 6.18. The number of halogens is 1. The number of nitrogens with one attached hydrogen (secondary N) is 2. The lowest BCUT2D eigenvalue weighted by Gasteiger charge is -2.14. The normalized spacial score (nSPS) is 18.1. The van der Waals surface area contributed by atoms with Gasteiger partial charge in [-0.1, -0.05) is 17.7 Å². The number of carbonyl (C=O) groups excluding carboxylic acids is 1. The molecule has 5 heteroatoms. The van der Waals surface area contributed by atoms with Crippen LogP contribution in [-0.4, -0.2) is 31.7 Å². The van der Waals surface area contributed by atoms with Gasteiger partial charge in [0, 0.05) is 13.2 Å². The average molecular weight is 297 g/mol. The van der Waals surface area contributed by atoms with Gasteiger partial charge in [0.1, 0.15) is 0 Å². The van der Waals surface area contributed by atoms with E-state index in [1.54, 1.807) is 0 Å². The fourth-order valence-electron chi connectivity index (χ4n) is 2.40. The molecule has 110 valence electrons. The molecule has 1 fully saturated rings. The Kier molecular flexibility index (Phi) is 5.26. The van der Waals surface area contributed by atoms with Crippen LogP contribution >= 0.6 is 11.6 Å². The number of aryl methyl sites for hydroxylation is 2. The van der Waals surface area contributed by atoms with Gasteiger partial charge in [-0.05, 0) is 43.9 Å². The molecule has 0 aliphatic carbocycles. The zero-order chi connectivity index (χ0) is 14.5. The van der Waals surface area contributed by atoms with Crippen LogP contribution in [0.5, 0.6) is 0 Å². The highest BCUT2D eigenvalue weighted by molar-refractivity contribution is 6.33. The van der Waals surface area contributed by atoms with E-state index in [4.69, 9.17) is 16.3 Å². The standard InChI is InChI=1S/C15H21ClN2O2/c1-10-6-11(2)15(13(16)7-10)18-9-14(19)17-8-12-4-3-5-20-12/h6-7,12,18H,3-5,8-9H2,1-2H3,(H,17,19). The highest BCUT2D eigenvalue weighted by Gasteiger charge is 2.16. The van der Waals surface area contributed by atoms with E-state index < -0.39 is 0 Å². The molecule has 20 heavy (non-hydrogen) atoms. The number of rotatable bonds is 5. The fraction of sp³-hybridized carbons (Fsp3) is 0.533. The van der Waals surface area contributed by atoms with Gasteiger partial charge in [-0.3, -0.25) is 4.79 Å². The summed E-state index contributed by atoms with van der Waals surface area (Å²) in [5.74, 6) is -0.0449. The smallest absolute Gasteiger partial charge is 0.239 e. The monoisotopic (exact) mass is 296 g/mol. The third-order valence-electron chi connectivity index (χ3n) is 3.41. The predicted octanol–water partition coefficient (Wildman–Crippen LogP) is 2.66. The molecule has 0 aromatic heterocycles. The minimum Gasteiger partial charge on any atom is -0.376 e. The number of ether oxygens (including phenoxy) is 1. The minimum atomic E-state index is -0.0449. The summed E-state index contributed by atoms with van der Waals surface area (Å²) in [6, 6.07) is 3.93. The van der Waals surface area contributed by atoms with Crippen LogP contribution in [0, 0.1) is 13.8 Å². The molecule has 1 atom stereocenters. The van der Waals surface area contributed by atoms with Gasteiger partial charge in [-0.25, -0.2) is 0 Å². The Bertz CT molecular complexity index is 462. The van der Waals surface area contributed by atoms with Crippen molar-refractivity contribution in [1.82, 2.24) is 5.32 Å². The van der Waals surface area contributed by atoms with Crippen LogP contribution in [0.25, 0.3) is 0 Å². The van der Waals surface area contributed by atoms with Crippen LogP contribution in [0.1, 0.15) is 24.0 Å². The van der Waals surface area contributed by atoms with Gasteiger partial charge < -0.3 is 15.4 Å². The van der Waals surface area contributed by atoms with Crippen molar-refractivity contribution in [3.63, 3.8) is 0 Å². The molecule has 1 heterocycles. The van der Waals surface area contributed by atoms with Gasteiger partial charge in [0.25, 0.3) is 0 Å². The summed E-state index contributed by atoms with van der Waals surface area (Å²) in [4.78, 5) is 11.8.